The standard InChI is InChI=1S/C12H18N2O3/c15-8-10-5-4-9(17-10)7-14-11-3-1-2-6-13-12(11)16/h4-5,11,14-15H,1-3,6-8H2,(H,13,16). The molecular formula is C12H18N2O3. The molecule has 5 heteroatoms. The quantitative estimate of drug-likeness (QED) is 0.715. The summed E-state index contributed by atoms with van der Waals surface area (Å²) in [4.78, 5) is 11.7. The number of furan rings is 1. The molecule has 1 amide bonds. The van der Waals surface area contributed by atoms with Gasteiger partial charge in [-0.3, -0.25) is 10.1 Å². The van der Waals surface area contributed by atoms with Crippen LogP contribution in [0.3, 0.4) is 0 Å². The minimum absolute atomic E-state index is 0.0661. The van der Waals surface area contributed by atoms with E-state index in [4.69, 9.17) is 9.52 Å². The van der Waals surface area contributed by atoms with Gasteiger partial charge in [0.15, 0.2) is 0 Å². The molecule has 1 aromatic heterocycles. The van der Waals surface area contributed by atoms with Gasteiger partial charge in [-0.2, -0.15) is 0 Å². The molecule has 1 saturated heterocycles. The molecule has 5 nitrogen and oxygen atoms in total. The predicted octanol–water partition coefficient (Wildman–Crippen LogP) is 0.530. The molecule has 17 heavy (non-hydrogen) atoms. The van der Waals surface area contributed by atoms with Crippen molar-refractivity contribution in [3.8, 4) is 0 Å². The maximum atomic E-state index is 11.7. The molecule has 1 fully saturated rings. The largest absolute Gasteiger partial charge is 0.462 e. The molecule has 0 aromatic carbocycles. The fraction of sp³-hybridized carbons (Fsp3) is 0.583. The Hall–Kier alpha value is -1.33. The van der Waals surface area contributed by atoms with Crippen molar-refractivity contribution < 1.29 is 14.3 Å². The third kappa shape index (κ3) is 3.31. The normalized spacial score (nSPS) is 21.0. The van der Waals surface area contributed by atoms with Crippen molar-refractivity contribution in [2.75, 3.05) is 6.54 Å². The lowest BCUT2D eigenvalue weighted by Crippen LogP contribution is -2.42. The summed E-state index contributed by atoms with van der Waals surface area (Å²) in [5.41, 5.74) is 0. The maximum absolute atomic E-state index is 11.7. The van der Waals surface area contributed by atoms with Gasteiger partial charge in [-0.1, -0.05) is 0 Å². The van der Waals surface area contributed by atoms with Gasteiger partial charge in [-0.25, -0.2) is 0 Å². The van der Waals surface area contributed by atoms with Crippen molar-refractivity contribution in [1.82, 2.24) is 10.6 Å². The van der Waals surface area contributed by atoms with Gasteiger partial charge in [0.2, 0.25) is 5.91 Å². The zero-order valence-electron chi connectivity index (χ0n) is 9.74. The Kier molecular flexibility index (Phi) is 4.17. The number of hydrogen-bond acceptors (Lipinski definition) is 4. The molecule has 94 valence electrons. The van der Waals surface area contributed by atoms with Crippen LogP contribution in [0.4, 0.5) is 0 Å². The number of aliphatic hydroxyl groups excluding tert-OH is 1. The van der Waals surface area contributed by atoms with Gasteiger partial charge in [0.25, 0.3) is 0 Å². The van der Waals surface area contributed by atoms with Crippen LogP contribution >= 0.6 is 0 Å². The summed E-state index contributed by atoms with van der Waals surface area (Å²) in [5, 5.41) is 14.9. The fourth-order valence-electron chi connectivity index (χ4n) is 1.96. The van der Waals surface area contributed by atoms with E-state index in [0.717, 1.165) is 31.6 Å². The van der Waals surface area contributed by atoms with Crippen LogP contribution in [0.2, 0.25) is 0 Å². The molecule has 0 aliphatic carbocycles. The summed E-state index contributed by atoms with van der Waals surface area (Å²) in [7, 11) is 0. The molecule has 1 atom stereocenters. The van der Waals surface area contributed by atoms with Crippen LogP contribution in [-0.2, 0) is 17.9 Å². The second-order valence-corrected chi connectivity index (χ2v) is 4.25. The van der Waals surface area contributed by atoms with E-state index in [1.165, 1.54) is 0 Å². The van der Waals surface area contributed by atoms with Gasteiger partial charge in [0.05, 0.1) is 12.6 Å². The number of aliphatic hydroxyl groups is 1. The topological polar surface area (TPSA) is 74.5 Å². The van der Waals surface area contributed by atoms with Gasteiger partial charge in [0, 0.05) is 6.54 Å². The third-order valence-electron chi connectivity index (χ3n) is 2.93. The SMILES string of the molecule is O=C1NCCCCC1NCc1ccc(CO)o1. The van der Waals surface area contributed by atoms with Gasteiger partial charge < -0.3 is 14.8 Å². The van der Waals surface area contributed by atoms with E-state index < -0.39 is 0 Å². The monoisotopic (exact) mass is 238 g/mol. The van der Waals surface area contributed by atoms with E-state index in [2.05, 4.69) is 10.6 Å². The lowest BCUT2D eigenvalue weighted by Gasteiger charge is -2.13. The first kappa shape index (κ1) is 12.1. The van der Waals surface area contributed by atoms with E-state index in [1.807, 2.05) is 6.07 Å². The van der Waals surface area contributed by atoms with E-state index >= 15 is 0 Å². The minimum atomic E-state index is -0.139. The lowest BCUT2D eigenvalue weighted by atomic mass is 10.1. The molecule has 1 aliphatic rings. The second-order valence-electron chi connectivity index (χ2n) is 4.25. The Morgan fingerprint density at radius 3 is 3.00 bits per heavy atom. The van der Waals surface area contributed by atoms with E-state index in [0.29, 0.717) is 12.3 Å². The summed E-state index contributed by atoms with van der Waals surface area (Å²) in [5.74, 6) is 1.36. The van der Waals surface area contributed by atoms with Crippen LogP contribution in [0.1, 0.15) is 30.8 Å². The highest BCUT2D eigenvalue weighted by molar-refractivity contribution is 5.81. The maximum Gasteiger partial charge on any atom is 0.237 e. The second kappa shape index (κ2) is 5.84. The van der Waals surface area contributed by atoms with Crippen LogP contribution in [-0.4, -0.2) is 23.6 Å². The Morgan fingerprint density at radius 2 is 2.24 bits per heavy atom. The van der Waals surface area contributed by atoms with Crippen LogP contribution in [0.15, 0.2) is 16.5 Å². The van der Waals surface area contributed by atoms with E-state index in [1.54, 1.807) is 6.07 Å². The van der Waals surface area contributed by atoms with Crippen LogP contribution < -0.4 is 10.6 Å². The summed E-state index contributed by atoms with van der Waals surface area (Å²) in [6, 6.07) is 3.41. The molecule has 0 spiro atoms. The predicted molar refractivity (Wildman–Crippen MR) is 62.1 cm³/mol. The van der Waals surface area contributed by atoms with Gasteiger partial charge in [-0.15, -0.1) is 0 Å². The summed E-state index contributed by atoms with van der Waals surface area (Å²) < 4.78 is 5.35. The minimum Gasteiger partial charge on any atom is -0.462 e. The average Bonchev–Trinajstić information content (AvgIpc) is 2.70. The van der Waals surface area contributed by atoms with Gasteiger partial charge >= 0.3 is 0 Å². The van der Waals surface area contributed by atoms with Crippen molar-refractivity contribution in [2.24, 2.45) is 0 Å². The Bertz CT molecular complexity index is 376. The average molecular weight is 238 g/mol. The number of carbonyl (C=O) groups excluding carboxylic acids is 1. The van der Waals surface area contributed by atoms with Crippen molar-refractivity contribution >= 4 is 5.91 Å². The van der Waals surface area contributed by atoms with Crippen LogP contribution in [0.25, 0.3) is 0 Å². The van der Waals surface area contributed by atoms with Gasteiger partial charge in [0.1, 0.15) is 18.1 Å². The van der Waals surface area contributed by atoms with E-state index in [9.17, 15) is 4.79 Å². The number of rotatable bonds is 4. The van der Waals surface area contributed by atoms with E-state index in [-0.39, 0.29) is 18.6 Å². The lowest BCUT2D eigenvalue weighted by molar-refractivity contribution is -0.122. The van der Waals surface area contributed by atoms with Crippen LogP contribution in [0.5, 0.6) is 0 Å². The first-order chi connectivity index (χ1) is 8.29. The van der Waals surface area contributed by atoms with Crippen molar-refractivity contribution in [3.63, 3.8) is 0 Å². The molecule has 0 saturated carbocycles. The highest BCUT2D eigenvalue weighted by Gasteiger charge is 2.19. The Labute approximate surface area is 100 Å². The zero-order chi connectivity index (χ0) is 12.1. The Balaban J connectivity index is 1.85. The molecular weight excluding hydrogens is 220 g/mol. The molecule has 2 heterocycles. The van der Waals surface area contributed by atoms with Crippen molar-refractivity contribution in [3.05, 3.63) is 23.7 Å². The number of hydrogen-bond donors (Lipinski definition) is 3. The molecule has 1 unspecified atom stereocenters. The highest BCUT2D eigenvalue weighted by Crippen LogP contribution is 2.10. The fourth-order valence-corrected chi connectivity index (χ4v) is 1.96. The molecule has 0 bridgehead atoms. The van der Waals surface area contributed by atoms with Crippen molar-refractivity contribution in [1.29, 1.82) is 0 Å². The molecule has 1 aromatic rings. The van der Waals surface area contributed by atoms with Gasteiger partial charge in [-0.05, 0) is 31.4 Å². The molecule has 2 rings (SSSR count). The number of carbonyl (C=O) groups is 1. The first-order valence-electron chi connectivity index (χ1n) is 5.99. The van der Waals surface area contributed by atoms with Crippen LogP contribution in [0, 0.1) is 0 Å². The molecule has 3 N–H and O–H groups in total. The first-order valence-corrected chi connectivity index (χ1v) is 5.99. The zero-order valence-corrected chi connectivity index (χ0v) is 9.74. The molecule has 0 radical (unpaired) electrons. The summed E-state index contributed by atoms with van der Waals surface area (Å²) >= 11 is 0. The van der Waals surface area contributed by atoms with Crippen molar-refractivity contribution in [2.45, 2.75) is 38.5 Å². The summed E-state index contributed by atoms with van der Waals surface area (Å²) in [6.07, 6.45) is 2.95. The highest BCUT2D eigenvalue weighted by atomic mass is 16.4. The smallest absolute Gasteiger partial charge is 0.237 e. The number of amides is 1. The third-order valence-corrected chi connectivity index (χ3v) is 2.93. The molecule has 1 aliphatic heterocycles. The Morgan fingerprint density at radius 1 is 1.41 bits per heavy atom. The number of nitrogens with one attached hydrogen (secondary N) is 2. The summed E-state index contributed by atoms with van der Waals surface area (Å²) in [6.45, 7) is 1.19.